The summed E-state index contributed by atoms with van der Waals surface area (Å²) < 4.78 is 37.8. The van der Waals surface area contributed by atoms with Crippen molar-refractivity contribution in [2.75, 3.05) is 13.1 Å². The summed E-state index contributed by atoms with van der Waals surface area (Å²) in [7, 11) is 0. The number of nitrogens with one attached hydrogen (secondary N) is 1. The zero-order chi connectivity index (χ0) is 20.9. The van der Waals surface area contributed by atoms with Crippen LogP contribution in [0.15, 0.2) is 48.7 Å². The Morgan fingerprint density at radius 2 is 1.76 bits per heavy atom. The molecular weight excluding hydrogens is 383 g/mol. The fraction of sp³-hybridized carbons (Fsp3) is 0.381. The van der Waals surface area contributed by atoms with Crippen molar-refractivity contribution in [2.24, 2.45) is 0 Å². The number of aromatic nitrogens is 1. The molecule has 2 aromatic rings. The van der Waals surface area contributed by atoms with E-state index in [-0.39, 0.29) is 17.6 Å². The molecule has 1 aromatic heterocycles. The van der Waals surface area contributed by atoms with E-state index in [0.717, 1.165) is 17.7 Å². The quantitative estimate of drug-likeness (QED) is 0.829. The number of pyridine rings is 1. The van der Waals surface area contributed by atoms with Crippen LogP contribution in [0.3, 0.4) is 0 Å². The summed E-state index contributed by atoms with van der Waals surface area (Å²) in [6.45, 7) is 0.844. The molecular formula is C21H22F3N3O2. The Labute approximate surface area is 166 Å². The number of halogens is 3. The van der Waals surface area contributed by atoms with E-state index in [1.165, 1.54) is 0 Å². The molecule has 2 amide bonds. The van der Waals surface area contributed by atoms with Crippen molar-refractivity contribution in [3.63, 3.8) is 0 Å². The van der Waals surface area contributed by atoms with Crippen LogP contribution in [0.5, 0.6) is 0 Å². The lowest BCUT2D eigenvalue weighted by atomic mass is 10.0. The number of carbonyl (C=O) groups excluding carboxylic acids is 2. The summed E-state index contributed by atoms with van der Waals surface area (Å²) in [6, 6.07) is 11.7. The molecule has 29 heavy (non-hydrogen) atoms. The van der Waals surface area contributed by atoms with E-state index < -0.39 is 17.6 Å². The monoisotopic (exact) mass is 405 g/mol. The Morgan fingerprint density at radius 1 is 1.07 bits per heavy atom. The van der Waals surface area contributed by atoms with Crippen molar-refractivity contribution < 1.29 is 22.8 Å². The average Bonchev–Trinajstić information content (AvgIpc) is 2.72. The number of aryl methyl sites for hydroxylation is 1. The fourth-order valence-electron chi connectivity index (χ4n) is 3.28. The molecule has 1 saturated heterocycles. The Kier molecular flexibility index (Phi) is 6.51. The highest BCUT2D eigenvalue weighted by atomic mass is 19.4. The maximum Gasteiger partial charge on any atom is 0.417 e. The van der Waals surface area contributed by atoms with Gasteiger partial charge in [-0.25, -0.2) is 0 Å². The first-order valence-corrected chi connectivity index (χ1v) is 9.49. The van der Waals surface area contributed by atoms with Gasteiger partial charge in [-0.3, -0.25) is 14.6 Å². The second-order valence-corrected chi connectivity index (χ2v) is 7.05. The third kappa shape index (κ3) is 5.79. The van der Waals surface area contributed by atoms with Crippen LogP contribution in [-0.2, 0) is 17.4 Å². The topological polar surface area (TPSA) is 62.3 Å². The molecule has 1 aliphatic rings. The third-order valence-corrected chi connectivity index (χ3v) is 4.94. The minimum atomic E-state index is -4.48. The number of carbonyl (C=O) groups is 2. The van der Waals surface area contributed by atoms with E-state index in [9.17, 15) is 22.8 Å². The van der Waals surface area contributed by atoms with E-state index in [2.05, 4.69) is 10.3 Å². The van der Waals surface area contributed by atoms with Gasteiger partial charge in [-0.05, 0) is 37.0 Å². The molecule has 0 spiro atoms. The molecule has 0 radical (unpaired) electrons. The Balaban J connectivity index is 1.45. The zero-order valence-electron chi connectivity index (χ0n) is 15.8. The number of nitrogens with zero attached hydrogens (tertiary/aromatic N) is 2. The van der Waals surface area contributed by atoms with Crippen LogP contribution in [0.4, 0.5) is 13.2 Å². The molecule has 0 aliphatic carbocycles. The zero-order valence-corrected chi connectivity index (χ0v) is 15.8. The summed E-state index contributed by atoms with van der Waals surface area (Å²) >= 11 is 0. The first-order chi connectivity index (χ1) is 13.8. The minimum Gasteiger partial charge on any atom is -0.353 e. The largest absolute Gasteiger partial charge is 0.417 e. The van der Waals surface area contributed by atoms with Gasteiger partial charge in [-0.15, -0.1) is 0 Å². The standard InChI is InChI=1S/C21H22F3N3O2/c22-21(23,24)16-7-8-18(25-14-16)20(29)27-12-10-17(11-13-27)26-19(28)9-6-15-4-2-1-3-5-15/h1-5,7-8,14,17H,6,9-13H2,(H,26,28). The van der Waals surface area contributed by atoms with Gasteiger partial charge in [-0.2, -0.15) is 13.2 Å². The number of amides is 2. The molecule has 3 rings (SSSR count). The van der Waals surface area contributed by atoms with E-state index in [1.807, 2.05) is 30.3 Å². The number of benzene rings is 1. The van der Waals surface area contributed by atoms with Crippen LogP contribution in [0, 0.1) is 0 Å². The molecule has 154 valence electrons. The van der Waals surface area contributed by atoms with Gasteiger partial charge in [-0.1, -0.05) is 30.3 Å². The van der Waals surface area contributed by atoms with Crippen LogP contribution >= 0.6 is 0 Å². The molecule has 1 N–H and O–H groups in total. The number of hydrogen-bond donors (Lipinski definition) is 1. The molecule has 1 fully saturated rings. The van der Waals surface area contributed by atoms with Crippen molar-refractivity contribution in [2.45, 2.75) is 37.9 Å². The van der Waals surface area contributed by atoms with Crippen LogP contribution in [-0.4, -0.2) is 40.8 Å². The van der Waals surface area contributed by atoms with Crippen molar-refractivity contribution in [1.82, 2.24) is 15.2 Å². The lowest BCUT2D eigenvalue weighted by Gasteiger charge is -2.32. The number of piperidine rings is 1. The van der Waals surface area contributed by atoms with Crippen molar-refractivity contribution in [1.29, 1.82) is 0 Å². The molecule has 1 aromatic carbocycles. The third-order valence-electron chi connectivity index (χ3n) is 4.94. The molecule has 0 unspecified atom stereocenters. The van der Waals surface area contributed by atoms with E-state index >= 15 is 0 Å². The van der Waals surface area contributed by atoms with Crippen LogP contribution in [0.1, 0.15) is 40.9 Å². The summed E-state index contributed by atoms with van der Waals surface area (Å²) in [5.41, 5.74) is 0.210. The average molecular weight is 405 g/mol. The predicted octanol–water partition coefficient (Wildman–Crippen LogP) is 3.45. The lowest BCUT2D eigenvalue weighted by Crippen LogP contribution is -2.46. The summed E-state index contributed by atoms with van der Waals surface area (Å²) in [5, 5.41) is 2.99. The summed E-state index contributed by atoms with van der Waals surface area (Å²) in [6.07, 6.45) is -1.53. The van der Waals surface area contributed by atoms with E-state index in [0.29, 0.717) is 45.0 Å². The van der Waals surface area contributed by atoms with Gasteiger partial charge in [0.25, 0.3) is 5.91 Å². The first-order valence-electron chi connectivity index (χ1n) is 9.49. The van der Waals surface area contributed by atoms with Crippen molar-refractivity contribution in [3.8, 4) is 0 Å². The van der Waals surface area contributed by atoms with Crippen LogP contribution < -0.4 is 5.32 Å². The normalized spacial score (nSPS) is 15.2. The van der Waals surface area contributed by atoms with Gasteiger partial charge < -0.3 is 10.2 Å². The van der Waals surface area contributed by atoms with E-state index in [1.54, 1.807) is 4.90 Å². The molecule has 5 nitrogen and oxygen atoms in total. The Bertz CT molecular complexity index is 830. The van der Waals surface area contributed by atoms with Gasteiger partial charge in [0.15, 0.2) is 0 Å². The van der Waals surface area contributed by atoms with Gasteiger partial charge >= 0.3 is 6.18 Å². The lowest BCUT2D eigenvalue weighted by molar-refractivity contribution is -0.137. The van der Waals surface area contributed by atoms with Crippen LogP contribution in [0.2, 0.25) is 0 Å². The van der Waals surface area contributed by atoms with E-state index in [4.69, 9.17) is 0 Å². The minimum absolute atomic E-state index is 0.0108. The van der Waals surface area contributed by atoms with Gasteiger partial charge in [0.05, 0.1) is 5.56 Å². The number of rotatable bonds is 5. The second kappa shape index (κ2) is 9.07. The number of alkyl halides is 3. The number of likely N-dealkylation sites (tertiary alicyclic amines) is 1. The van der Waals surface area contributed by atoms with Gasteiger partial charge in [0.1, 0.15) is 5.69 Å². The molecule has 0 bridgehead atoms. The SMILES string of the molecule is O=C(CCc1ccccc1)NC1CCN(C(=O)c2ccc(C(F)(F)F)cn2)CC1. The molecule has 0 atom stereocenters. The Hall–Kier alpha value is -2.90. The van der Waals surface area contributed by atoms with Crippen molar-refractivity contribution in [3.05, 3.63) is 65.5 Å². The Morgan fingerprint density at radius 3 is 2.34 bits per heavy atom. The smallest absolute Gasteiger partial charge is 0.353 e. The van der Waals surface area contributed by atoms with Crippen LogP contribution in [0.25, 0.3) is 0 Å². The summed E-state index contributed by atoms with van der Waals surface area (Å²) in [4.78, 5) is 29.8. The first kappa shape index (κ1) is 20.8. The maximum atomic E-state index is 12.6. The molecule has 0 saturated carbocycles. The highest BCUT2D eigenvalue weighted by Gasteiger charge is 2.31. The van der Waals surface area contributed by atoms with Crippen molar-refractivity contribution >= 4 is 11.8 Å². The molecule has 8 heteroatoms. The fourth-order valence-corrected chi connectivity index (χ4v) is 3.28. The van der Waals surface area contributed by atoms with Gasteiger partial charge in [0, 0.05) is 31.7 Å². The second-order valence-electron chi connectivity index (χ2n) is 7.05. The predicted molar refractivity (Wildman–Crippen MR) is 101 cm³/mol. The summed E-state index contributed by atoms with van der Waals surface area (Å²) in [5.74, 6) is -0.421. The molecule has 1 aliphatic heterocycles. The molecule has 2 heterocycles. The maximum absolute atomic E-state index is 12.6. The van der Waals surface area contributed by atoms with Gasteiger partial charge in [0.2, 0.25) is 5.91 Å². The number of hydrogen-bond acceptors (Lipinski definition) is 3. The highest BCUT2D eigenvalue weighted by molar-refractivity contribution is 5.92. The highest BCUT2D eigenvalue weighted by Crippen LogP contribution is 2.28.